The molecule has 2 aliphatic heterocycles. The summed E-state index contributed by atoms with van der Waals surface area (Å²) >= 11 is 0. The summed E-state index contributed by atoms with van der Waals surface area (Å²) in [5.41, 5.74) is 1.27. The molecule has 4 heteroatoms. The van der Waals surface area contributed by atoms with Crippen molar-refractivity contribution in [2.45, 2.75) is 25.3 Å². The first-order valence-corrected chi connectivity index (χ1v) is 8.03. The number of nitrogens with one attached hydrogen (secondary N) is 1. The van der Waals surface area contributed by atoms with Gasteiger partial charge in [-0.3, -0.25) is 4.79 Å². The molecule has 1 aromatic carbocycles. The van der Waals surface area contributed by atoms with Crippen LogP contribution in [0.25, 0.3) is 0 Å². The highest BCUT2D eigenvalue weighted by Gasteiger charge is 2.31. The van der Waals surface area contributed by atoms with E-state index in [0.717, 1.165) is 45.4 Å². The third-order valence-electron chi connectivity index (χ3n) is 4.82. The zero-order valence-electron chi connectivity index (χ0n) is 12.8. The largest absolute Gasteiger partial charge is 0.369 e. The highest BCUT2D eigenvalue weighted by Crippen LogP contribution is 2.23. The van der Waals surface area contributed by atoms with Gasteiger partial charge in [0, 0.05) is 38.4 Å². The summed E-state index contributed by atoms with van der Waals surface area (Å²) in [7, 11) is 1.99. The van der Waals surface area contributed by atoms with E-state index >= 15 is 0 Å². The van der Waals surface area contributed by atoms with E-state index in [1.807, 2.05) is 18.0 Å². The molecule has 2 aliphatic rings. The average molecular weight is 287 g/mol. The fraction of sp³-hybridized carbons (Fsp3) is 0.588. The monoisotopic (exact) mass is 287 g/mol. The number of carbonyl (C=O) groups excluding carboxylic acids is 1. The molecule has 114 valence electrons. The fourth-order valence-electron chi connectivity index (χ4n) is 3.48. The minimum absolute atomic E-state index is 0.183. The number of para-hydroxylation sites is 1. The normalized spacial score (nSPS) is 25.9. The second-order valence-electron chi connectivity index (χ2n) is 6.22. The molecule has 0 spiro atoms. The Morgan fingerprint density at radius 2 is 2.10 bits per heavy atom. The van der Waals surface area contributed by atoms with Crippen LogP contribution in [0.15, 0.2) is 30.3 Å². The van der Waals surface area contributed by atoms with Gasteiger partial charge in [0.05, 0.1) is 5.92 Å². The Labute approximate surface area is 127 Å². The Hall–Kier alpha value is -1.55. The van der Waals surface area contributed by atoms with Crippen molar-refractivity contribution in [3.05, 3.63) is 30.3 Å². The van der Waals surface area contributed by atoms with Crippen LogP contribution in [0.3, 0.4) is 0 Å². The lowest BCUT2D eigenvalue weighted by Crippen LogP contribution is -2.50. The standard InChI is InChI=1S/C17H25N3O/c1-19(17(21)14-9-10-18-12-14)16-8-5-11-20(13-16)15-6-3-2-4-7-15/h2-4,6-7,14,16,18H,5,8-13H2,1H3. The van der Waals surface area contributed by atoms with Gasteiger partial charge < -0.3 is 15.1 Å². The summed E-state index contributed by atoms with van der Waals surface area (Å²) < 4.78 is 0. The number of hydrogen-bond acceptors (Lipinski definition) is 3. The second kappa shape index (κ2) is 6.48. The van der Waals surface area contributed by atoms with Crippen molar-refractivity contribution in [1.82, 2.24) is 10.2 Å². The molecule has 2 fully saturated rings. The molecule has 2 unspecified atom stereocenters. The molecular weight excluding hydrogens is 262 g/mol. The maximum atomic E-state index is 12.6. The minimum Gasteiger partial charge on any atom is -0.369 e. The molecule has 0 aromatic heterocycles. The molecule has 3 rings (SSSR count). The quantitative estimate of drug-likeness (QED) is 0.919. The van der Waals surface area contributed by atoms with Crippen LogP contribution in [-0.2, 0) is 4.79 Å². The summed E-state index contributed by atoms with van der Waals surface area (Å²) in [5, 5.41) is 3.29. The van der Waals surface area contributed by atoms with Crippen molar-refractivity contribution < 1.29 is 4.79 Å². The first-order chi connectivity index (χ1) is 10.3. The Morgan fingerprint density at radius 3 is 2.81 bits per heavy atom. The van der Waals surface area contributed by atoms with Crippen LogP contribution >= 0.6 is 0 Å². The topological polar surface area (TPSA) is 35.6 Å². The molecule has 1 N–H and O–H groups in total. The number of likely N-dealkylation sites (N-methyl/N-ethyl adjacent to an activating group) is 1. The molecular formula is C17H25N3O. The summed E-state index contributed by atoms with van der Waals surface area (Å²) in [6.45, 7) is 3.86. The van der Waals surface area contributed by atoms with Gasteiger partial charge in [-0.15, -0.1) is 0 Å². The van der Waals surface area contributed by atoms with E-state index in [2.05, 4.69) is 34.5 Å². The molecule has 21 heavy (non-hydrogen) atoms. The van der Waals surface area contributed by atoms with Crippen LogP contribution in [0.2, 0.25) is 0 Å². The second-order valence-corrected chi connectivity index (χ2v) is 6.22. The lowest BCUT2D eigenvalue weighted by Gasteiger charge is -2.39. The predicted octanol–water partition coefficient (Wildman–Crippen LogP) is 1.72. The van der Waals surface area contributed by atoms with Crippen molar-refractivity contribution in [2.24, 2.45) is 5.92 Å². The smallest absolute Gasteiger partial charge is 0.227 e. The van der Waals surface area contributed by atoms with Gasteiger partial charge in [-0.2, -0.15) is 0 Å². The van der Waals surface area contributed by atoms with E-state index in [9.17, 15) is 4.79 Å². The molecule has 0 radical (unpaired) electrons. The van der Waals surface area contributed by atoms with Gasteiger partial charge in [-0.25, -0.2) is 0 Å². The lowest BCUT2D eigenvalue weighted by atomic mass is 10.0. The SMILES string of the molecule is CN(C(=O)C1CCNC1)C1CCCN(c2ccccc2)C1. The van der Waals surface area contributed by atoms with Gasteiger partial charge in [-0.05, 0) is 37.9 Å². The summed E-state index contributed by atoms with van der Waals surface area (Å²) in [6.07, 6.45) is 3.25. The van der Waals surface area contributed by atoms with Crippen molar-refractivity contribution >= 4 is 11.6 Å². The Kier molecular flexibility index (Phi) is 4.44. The van der Waals surface area contributed by atoms with Crippen molar-refractivity contribution in [3.8, 4) is 0 Å². The Bertz CT molecular complexity index is 470. The van der Waals surface area contributed by atoms with Crippen LogP contribution in [-0.4, -0.2) is 50.1 Å². The zero-order valence-corrected chi connectivity index (χ0v) is 12.8. The number of benzene rings is 1. The predicted molar refractivity (Wildman–Crippen MR) is 85.4 cm³/mol. The molecule has 1 amide bonds. The average Bonchev–Trinajstić information content (AvgIpc) is 3.09. The van der Waals surface area contributed by atoms with Crippen molar-refractivity contribution in [2.75, 3.05) is 38.1 Å². The van der Waals surface area contributed by atoms with Crippen LogP contribution in [0.5, 0.6) is 0 Å². The minimum atomic E-state index is 0.183. The first kappa shape index (κ1) is 14.4. The van der Waals surface area contributed by atoms with E-state index in [-0.39, 0.29) is 5.92 Å². The van der Waals surface area contributed by atoms with Gasteiger partial charge in [0.15, 0.2) is 0 Å². The maximum absolute atomic E-state index is 12.6. The third kappa shape index (κ3) is 3.21. The summed E-state index contributed by atoms with van der Waals surface area (Å²) in [5.74, 6) is 0.502. The Balaban J connectivity index is 1.64. The van der Waals surface area contributed by atoms with Crippen LogP contribution in [0.1, 0.15) is 19.3 Å². The number of nitrogens with zero attached hydrogens (tertiary/aromatic N) is 2. The number of carbonyl (C=O) groups is 1. The van der Waals surface area contributed by atoms with Crippen molar-refractivity contribution in [3.63, 3.8) is 0 Å². The number of amides is 1. The molecule has 0 saturated carbocycles. The fourth-order valence-corrected chi connectivity index (χ4v) is 3.48. The Morgan fingerprint density at radius 1 is 1.29 bits per heavy atom. The van der Waals surface area contributed by atoms with Crippen LogP contribution in [0, 0.1) is 5.92 Å². The van der Waals surface area contributed by atoms with E-state index in [1.165, 1.54) is 5.69 Å². The molecule has 4 nitrogen and oxygen atoms in total. The van der Waals surface area contributed by atoms with Crippen LogP contribution < -0.4 is 10.2 Å². The summed E-state index contributed by atoms with van der Waals surface area (Å²) in [6, 6.07) is 10.9. The number of hydrogen-bond donors (Lipinski definition) is 1. The summed E-state index contributed by atoms with van der Waals surface area (Å²) in [4.78, 5) is 17.0. The number of piperidine rings is 1. The van der Waals surface area contributed by atoms with E-state index in [0.29, 0.717) is 11.9 Å². The molecule has 0 bridgehead atoms. The van der Waals surface area contributed by atoms with Crippen molar-refractivity contribution in [1.29, 1.82) is 0 Å². The van der Waals surface area contributed by atoms with E-state index in [1.54, 1.807) is 0 Å². The zero-order chi connectivity index (χ0) is 14.7. The molecule has 2 atom stereocenters. The van der Waals surface area contributed by atoms with Gasteiger partial charge in [0.25, 0.3) is 0 Å². The lowest BCUT2D eigenvalue weighted by molar-refractivity contribution is -0.135. The van der Waals surface area contributed by atoms with Gasteiger partial charge in [0.1, 0.15) is 0 Å². The number of rotatable bonds is 3. The molecule has 1 aromatic rings. The van der Waals surface area contributed by atoms with Gasteiger partial charge in [0.2, 0.25) is 5.91 Å². The van der Waals surface area contributed by atoms with E-state index in [4.69, 9.17) is 0 Å². The first-order valence-electron chi connectivity index (χ1n) is 8.03. The molecule has 2 heterocycles. The van der Waals surface area contributed by atoms with Crippen LogP contribution in [0.4, 0.5) is 5.69 Å². The third-order valence-corrected chi connectivity index (χ3v) is 4.82. The maximum Gasteiger partial charge on any atom is 0.227 e. The van der Waals surface area contributed by atoms with Gasteiger partial charge in [-0.1, -0.05) is 18.2 Å². The highest BCUT2D eigenvalue weighted by molar-refractivity contribution is 5.79. The van der Waals surface area contributed by atoms with Gasteiger partial charge >= 0.3 is 0 Å². The molecule has 2 saturated heterocycles. The highest BCUT2D eigenvalue weighted by atomic mass is 16.2. The molecule has 0 aliphatic carbocycles. The number of anilines is 1. The van der Waals surface area contributed by atoms with E-state index < -0.39 is 0 Å².